The summed E-state index contributed by atoms with van der Waals surface area (Å²) in [5, 5.41) is 3.67. The molecular formula is C21H26ClNO3. The van der Waals surface area contributed by atoms with Crippen LogP contribution in [0, 0.1) is 6.92 Å². The van der Waals surface area contributed by atoms with Gasteiger partial charge in [0.2, 0.25) is 0 Å². The van der Waals surface area contributed by atoms with Gasteiger partial charge in [0.05, 0.1) is 6.61 Å². The highest BCUT2D eigenvalue weighted by Crippen LogP contribution is 2.25. The van der Waals surface area contributed by atoms with Gasteiger partial charge in [-0.3, -0.25) is 4.79 Å². The highest BCUT2D eigenvalue weighted by molar-refractivity contribution is 6.31. The maximum atomic E-state index is 12.4. The number of nitrogens with one attached hydrogen (secondary N) is 1. The van der Waals surface area contributed by atoms with Crippen LogP contribution in [0.25, 0.3) is 0 Å². The van der Waals surface area contributed by atoms with Gasteiger partial charge >= 0.3 is 0 Å². The average molecular weight is 376 g/mol. The summed E-state index contributed by atoms with van der Waals surface area (Å²) < 4.78 is 11.6. The molecule has 0 aliphatic carbocycles. The Morgan fingerprint density at radius 3 is 2.46 bits per heavy atom. The Hall–Kier alpha value is -2.20. The average Bonchev–Trinajstić information content (AvgIpc) is 2.55. The Bertz CT molecular complexity index is 781. The third-order valence-electron chi connectivity index (χ3n) is 3.63. The molecule has 0 saturated heterocycles. The molecule has 0 aromatic heterocycles. The zero-order valence-electron chi connectivity index (χ0n) is 16.0. The largest absolute Gasteiger partial charge is 0.493 e. The van der Waals surface area contributed by atoms with Crippen LogP contribution in [0.5, 0.6) is 11.5 Å². The van der Waals surface area contributed by atoms with Crippen LogP contribution in [0.2, 0.25) is 5.02 Å². The van der Waals surface area contributed by atoms with Gasteiger partial charge in [-0.25, -0.2) is 0 Å². The van der Waals surface area contributed by atoms with E-state index in [0.717, 1.165) is 16.9 Å². The van der Waals surface area contributed by atoms with Crippen molar-refractivity contribution in [3.63, 3.8) is 0 Å². The predicted molar refractivity (Wildman–Crippen MR) is 105 cm³/mol. The van der Waals surface area contributed by atoms with Crippen molar-refractivity contribution in [1.82, 2.24) is 5.32 Å². The summed E-state index contributed by atoms with van der Waals surface area (Å²) in [6.07, 6.45) is 0. The summed E-state index contributed by atoms with van der Waals surface area (Å²) in [7, 11) is 0. The number of benzene rings is 2. The zero-order valence-corrected chi connectivity index (χ0v) is 16.7. The zero-order chi connectivity index (χ0) is 19.3. The van der Waals surface area contributed by atoms with Gasteiger partial charge in [-0.15, -0.1) is 0 Å². The van der Waals surface area contributed by atoms with Gasteiger partial charge in [0.25, 0.3) is 5.91 Å². The smallest absolute Gasteiger partial charge is 0.251 e. The van der Waals surface area contributed by atoms with Gasteiger partial charge in [0, 0.05) is 21.7 Å². The standard InChI is InChI=1S/C21H26ClNO3/c1-6-25-19-10-7-15(20(24)23-21(3,4)5)12-16(19)13-26-17-8-9-18(22)14(2)11-17/h7-12H,6,13H2,1-5H3,(H,23,24). The van der Waals surface area contributed by atoms with E-state index in [2.05, 4.69) is 5.32 Å². The molecule has 0 bridgehead atoms. The van der Waals surface area contributed by atoms with Gasteiger partial charge in [0.1, 0.15) is 18.1 Å². The topological polar surface area (TPSA) is 47.6 Å². The molecule has 0 unspecified atom stereocenters. The third-order valence-corrected chi connectivity index (χ3v) is 4.06. The highest BCUT2D eigenvalue weighted by atomic mass is 35.5. The molecule has 26 heavy (non-hydrogen) atoms. The normalized spacial score (nSPS) is 11.2. The molecule has 0 aliphatic heterocycles. The SMILES string of the molecule is CCOc1ccc(C(=O)NC(C)(C)C)cc1COc1ccc(Cl)c(C)c1. The summed E-state index contributed by atoms with van der Waals surface area (Å²) in [6, 6.07) is 10.9. The first-order valence-electron chi connectivity index (χ1n) is 8.67. The third kappa shape index (κ3) is 5.67. The fraction of sp³-hybridized carbons (Fsp3) is 0.381. The molecule has 140 valence electrons. The molecule has 2 aromatic rings. The first-order valence-corrected chi connectivity index (χ1v) is 9.04. The fourth-order valence-electron chi connectivity index (χ4n) is 2.41. The van der Waals surface area contributed by atoms with Crippen LogP contribution in [-0.2, 0) is 6.61 Å². The summed E-state index contributed by atoms with van der Waals surface area (Å²) in [6.45, 7) is 10.5. The second-order valence-corrected chi connectivity index (χ2v) is 7.57. The molecule has 0 spiro atoms. The number of hydrogen-bond donors (Lipinski definition) is 1. The minimum atomic E-state index is -0.298. The summed E-state index contributed by atoms with van der Waals surface area (Å²) >= 11 is 6.05. The van der Waals surface area contributed by atoms with E-state index >= 15 is 0 Å². The molecule has 2 aromatic carbocycles. The Morgan fingerprint density at radius 2 is 1.85 bits per heavy atom. The molecular weight excluding hydrogens is 350 g/mol. The summed E-state index contributed by atoms with van der Waals surface area (Å²) in [4.78, 5) is 12.4. The van der Waals surface area contributed by atoms with Crippen molar-refractivity contribution in [2.75, 3.05) is 6.61 Å². The van der Waals surface area contributed by atoms with Crippen molar-refractivity contribution >= 4 is 17.5 Å². The van der Waals surface area contributed by atoms with E-state index < -0.39 is 0 Å². The maximum absolute atomic E-state index is 12.4. The number of aryl methyl sites for hydroxylation is 1. The van der Waals surface area contributed by atoms with Crippen LogP contribution in [0.15, 0.2) is 36.4 Å². The number of halogens is 1. The van der Waals surface area contributed by atoms with Crippen molar-refractivity contribution in [2.24, 2.45) is 0 Å². The Labute approximate surface area is 160 Å². The van der Waals surface area contributed by atoms with E-state index in [4.69, 9.17) is 21.1 Å². The van der Waals surface area contributed by atoms with Crippen LogP contribution in [0.4, 0.5) is 0 Å². The molecule has 0 radical (unpaired) electrons. The van der Waals surface area contributed by atoms with Crippen LogP contribution in [0.3, 0.4) is 0 Å². The Morgan fingerprint density at radius 1 is 1.12 bits per heavy atom. The number of hydrogen-bond acceptors (Lipinski definition) is 3. The molecule has 0 saturated carbocycles. The lowest BCUT2D eigenvalue weighted by molar-refractivity contribution is 0.0919. The van der Waals surface area contributed by atoms with Crippen LogP contribution < -0.4 is 14.8 Å². The quantitative estimate of drug-likeness (QED) is 0.759. The predicted octanol–water partition coefficient (Wildman–Crippen LogP) is 5.15. The monoisotopic (exact) mass is 375 g/mol. The van der Waals surface area contributed by atoms with Gasteiger partial charge in [-0.05, 0) is 76.6 Å². The number of ether oxygens (including phenoxy) is 2. The van der Waals surface area contributed by atoms with Gasteiger partial charge in [-0.2, -0.15) is 0 Å². The van der Waals surface area contributed by atoms with Crippen molar-refractivity contribution in [3.8, 4) is 11.5 Å². The number of carbonyl (C=O) groups is 1. The molecule has 5 heteroatoms. The summed E-state index contributed by atoms with van der Waals surface area (Å²) in [5.41, 5.74) is 2.05. The second-order valence-electron chi connectivity index (χ2n) is 7.16. The lowest BCUT2D eigenvalue weighted by atomic mass is 10.1. The lowest BCUT2D eigenvalue weighted by Crippen LogP contribution is -2.40. The van der Waals surface area contributed by atoms with E-state index in [1.165, 1.54) is 0 Å². The fourth-order valence-corrected chi connectivity index (χ4v) is 2.53. The second kappa shape index (κ2) is 8.45. The molecule has 0 heterocycles. The molecule has 1 N–H and O–H groups in total. The minimum absolute atomic E-state index is 0.121. The first-order chi connectivity index (χ1) is 12.2. The summed E-state index contributed by atoms with van der Waals surface area (Å²) in [5.74, 6) is 1.31. The molecule has 0 fully saturated rings. The van der Waals surface area contributed by atoms with Crippen molar-refractivity contribution in [2.45, 2.75) is 46.8 Å². The van der Waals surface area contributed by atoms with Gasteiger partial charge < -0.3 is 14.8 Å². The van der Waals surface area contributed by atoms with E-state index in [-0.39, 0.29) is 11.4 Å². The van der Waals surface area contributed by atoms with Crippen molar-refractivity contribution in [3.05, 3.63) is 58.1 Å². The number of rotatable bonds is 6. The van der Waals surface area contributed by atoms with Crippen molar-refractivity contribution < 1.29 is 14.3 Å². The Kier molecular flexibility index (Phi) is 6.54. The number of amides is 1. The van der Waals surface area contributed by atoms with Crippen LogP contribution in [-0.4, -0.2) is 18.1 Å². The van der Waals surface area contributed by atoms with E-state index in [0.29, 0.717) is 29.5 Å². The molecule has 1 amide bonds. The van der Waals surface area contributed by atoms with E-state index in [9.17, 15) is 4.79 Å². The maximum Gasteiger partial charge on any atom is 0.251 e. The minimum Gasteiger partial charge on any atom is -0.493 e. The Balaban J connectivity index is 2.21. The number of carbonyl (C=O) groups excluding carboxylic acids is 1. The van der Waals surface area contributed by atoms with E-state index in [1.807, 2.05) is 65.0 Å². The lowest BCUT2D eigenvalue weighted by Gasteiger charge is -2.21. The molecule has 2 rings (SSSR count). The van der Waals surface area contributed by atoms with Gasteiger partial charge in [-0.1, -0.05) is 11.6 Å². The van der Waals surface area contributed by atoms with Gasteiger partial charge in [0.15, 0.2) is 0 Å². The van der Waals surface area contributed by atoms with Crippen LogP contribution >= 0.6 is 11.6 Å². The first kappa shape index (κ1) is 20.1. The highest BCUT2D eigenvalue weighted by Gasteiger charge is 2.17. The van der Waals surface area contributed by atoms with Crippen LogP contribution in [0.1, 0.15) is 49.2 Å². The van der Waals surface area contributed by atoms with Crippen molar-refractivity contribution in [1.29, 1.82) is 0 Å². The molecule has 0 atom stereocenters. The molecule has 4 nitrogen and oxygen atoms in total. The van der Waals surface area contributed by atoms with E-state index in [1.54, 1.807) is 6.07 Å². The molecule has 0 aliphatic rings.